The van der Waals surface area contributed by atoms with Crippen molar-refractivity contribution in [1.29, 1.82) is 0 Å². The van der Waals surface area contributed by atoms with Crippen LogP contribution in [0.15, 0.2) is 48.5 Å². The maximum atomic E-state index is 12.5. The molecular formula is C20H19N5O2S. The molecule has 2 aromatic carbocycles. The van der Waals surface area contributed by atoms with Gasteiger partial charge in [-0.3, -0.25) is 4.79 Å². The fourth-order valence-corrected chi connectivity index (χ4v) is 3.62. The number of rotatable bonds is 6. The van der Waals surface area contributed by atoms with Gasteiger partial charge in [-0.1, -0.05) is 41.7 Å². The van der Waals surface area contributed by atoms with Crippen LogP contribution in [0.4, 0.5) is 5.69 Å². The molecule has 0 fully saturated rings. The Hall–Kier alpha value is -3.26. The Labute approximate surface area is 166 Å². The molecule has 0 atom stereocenters. The Morgan fingerprint density at radius 3 is 2.61 bits per heavy atom. The van der Waals surface area contributed by atoms with E-state index in [4.69, 9.17) is 4.74 Å². The molecule has 0 saturated carbocycles. The lowest BCUT2D eigenvalue weighted by Gasteiger charge is -2.13. The lowest BCUT2D eigenvalue weighted by molar-refractivity contribution is -0.116. The van der Waals surface area contributed by atoms with Gasteiger partial charge in [-0.15, -0.1) is 10.2 Å². The number of para-hydroxylation sites is 3. The molecule has 28 heavy (non-hydrogen) atoms. The first-order valence-corrected chi connectivity index (χ1v) is 9.72. The van der Waals surface area contributed by atoms with Gasteiger partial charge in [0.2, 0.25) is 10.9 Å². The molecule has 2 aromatic heterocycles. The third-order valence-electron chi connectivity index (χ3n) is 4.23. The Bertz CT molecular complexity index is 1130. The minimum atomic E-state index is -0.0940. The van der Waals surface area contributed by atoms with Gasteiger partial charge in [-0.2, -0.15) is 9.61 Å². The van der Waals surface area contributed by atoms with Gasteiger partial charge in [0.25, 0.3) is 0 Å². The zero-order chi connectivity index (χ0) is 19.5. The van der Waals surface area contributed by atoms with Crippen LogP contribution >= 0.6 is 11.3 Å². The summed E-state index contributed by atoms with van der Waals surface area (Å²) in [6.07, 6.45) is 0.863. The first-order chi connectivity index (χ1) is 13.6. The molecule has 4 rings (SSSR count). The highest BCUT2D eigenvalue weighted by molar-refractivity contribution is 7.16. The molecule has 0 spiro atoms. The van der Waals surface area contributed by atoms with Gasteiger partial charge in [0.15, 0.2) is 11.6 Å². The number of ether oxygens (including phenoxy) is 1. The van der Waals surface area contributed by atoms with Crippen molar-refractivity contribution >= 4 is 27.9 Å². The van der Waals surface area contributed by atoms with E-state index in [9.17, 15) is 4.79 Å². The van der Waals surface area contributed by atoms with Gasteiger partial charge in [-0.05, 0) is 37.6 Å². The molecule has 8 heteroatoms. The summed E-state index contributed by atoms with van der Waals surface area (Å²) in [7, 11) is 0. The van der Waals surface area contributed by atoms with Crippen LogP contribution in [0.25, 0.3) is 4.96 Å². The van der Waals surface area contributed by atoms with Crippen molar-refractivity contribution in [3.63, 3.8) is 0 Å². The van der Waals surface area contributed by atoms with Crippen LogP contribution in [-0.2, 0) is 11.2 Å². The lowest BCUT2D eigenvalue weighted by atomic mass is 10.2. The number of nitrogens with zero attached hydrogens (tertiary/aromatic N) is 4. The standard InChI is InChI=1S/C20H19N5O2S/c1-13-7-3-5-9-16(13)27-17-10-6-4-8-15(17)21-18(26)11-12-19-24-25-14(2)22-23-20(25)28-19/h3-10H,11-12H2,1-2H3,(H,21,26). The van der Waals surface area contributed by atoms with E-state index in [0.717, 1.165) is 27.1 Å². The van der Waals surface area contributed by atoms with Gasteiger partial charge in [0.1, 0.15) is 10.8 Å². The number of hydrogen-bond donors (Lipinski definition) is 1. The predicted octanol–water partition coefficient (Wildman–Crippen LogP) is 4.17. The number of nitrogens with one attached hydrogen (secondary N) is 1. The number of benzene rings is 2. The number of carbonyl (C=O) groups is 1. The van der Waals surface area contributed by atoms with Crippen molar-refractivity contribution in [2.45, 2.75) is 26.7 Å². The van der Waals surface area contributed by atoms with Crippen LogP contribution in [0.3, 0.4) is 0 Å². The Kier molecular flexibility index (Phi) is 5.03. The Balaban J connectivity index is 1.42. The number of fused-ring (bicyclic) bond motifs is 1. The summed E-state index contributed by atoms with van der Waals surface area (Å²) in [5, 5.41) is 16.2. The average Bonchev–Trinajstić information content (AvgIpc) is 3.25. The van der Waals surface area contributed by atoms with E-state index in [2.05, 4.69) is 20.6 Å². The van der Waals surface area contributed by atoms with Gasteiger partial charge in [-0.25, -0.2) is 0 Å². The molecule has 142 valence electrons. The molecule has 0 aliphatic carbocycles. The number of aromatic nitrogens is 4. The Morgan fingerprint density at radius 1 is 1.07 bits per heavy atom. The fourth-order valence-electron chi connectivity index (χ4n) is 2.74. The highest BCUT2D eigenvalue weighted by Crippen LogP contribution is 2.31. The minimum Gasteiger partial charge on any atom is -0.455 e. The highest BCUT2D eigenvalue weighted by Gasteiger charge is 2.12. The lowest BCUT2D eigenvalue weighted by Crippen LogP contribution is -2.13. The monoisotopic (exact) mass is 393 g/mol. The summed E-state index contributed by atoms with van der Waals surface area (Å²) in [6, 6.07) is 15.2. The van der Waals surface area contributed by atoms with Crippen molar-refractivity contribution in [2.75, 3.05) is 5.32 Å². The zero-order valence-electron chi connectivity index (χ0n) is 15.5. The number of aryl methyl sites for hydroxylation is 3. The molecule has 0 saturated heterocycles. The normalized spacial score (nSPS) is 10.9. The molecule has 4 aromatic rings. The number of hydrogen-bond acceptors (Lipinski definition) is 6. The summed E-state index contributed by atoms with van der Waals surface area (Å²) < 4.78 is 7.70. The van der Waals surface area contributed by atoms with E-state index in [1.807, 2.05) is 62.4 Å². The van der Waals surface area contributed by atoms with Crippen molar-refractivity contribution in [3.8, 4) is 11.5 Å². The maximum absolute atomic E-state index is 12.5. The van der Waals surface area contributed by atoms with Crippen molar-refractivity contribution in [3.05, 3.63) is 64.9 Å². The van der Waals surface area contributed by atoms with E-state index >= 15 is 0 Å². The Morgan fingerprint density at radius 2 is 1.82 bits per heavy atom. The molecule has 0 aliphatic heterocycles. The molecule has 1 N–H and O–H groups in total. The maximum Gasteiger partial charge on any atom is 0.234 e. The van der Waals surface area contributed by atoms with Crippen molar-refractivity contribution in [2.24, 2.45) is 0 Å². The zero-order valence-corrected chi connectivity index (χ0v) is 16.4. The summed E-state index contributed by atoms with van der Waals surface area (Å²) in [5.41, 5.74) is 1.67. The first kappa shape index (κ1) is 18.1. The number of amides is 1. The molecule has 2 heterocycles. The van der Waals surface area contributed by atoms with E-state index < -0.39 is 0 Å². The first-order valence-electron chi connectivity index (χ1n) is 8.90. The van der Waals surface area contributed by atoms with Gasteiger partial charge in [0.05, 0.1) is 5.69 Å². The summed E-state index contributed by atoms with van der Waals surface area (Å²) in [6.45, 7) is 3.83. The second kappa shape index (κ2) is 7.77. The third-order valence-corrected chi connectivity index (χ3v) is 5.19. The predicted molar refractivity (Wildman–Crippen MR) is 108 cm³/mol. The van der Waals surface area contributed by atoms with Crippen molar-refractivity contribution < 1.29 is 9.53 Å². The van der Waals surface area contributed by atoms with Crippen LogP contribution in [0, 0.1) is 13.8 Å². The largest absolute Gasteiger partial charge is 0.455 e. The SMILES string of the molecule is Cc1ccccc1Oc1ccccc1NC(=O)CCc1nn2c(C)nnc2s1. The van der Waals surface area contributed by atoms with E-state index in [0.29, 0.717) is 24.3 Å². The molecule has 0 radical (unpaired) electrons. The van der Waals surface area contributed by atoms with Gasteiger partial charge < -0.3 is 10.1 Å². The molecule has 0 unspecified atom stereocenters. The van der Waals surface area contributed by atoms with Crippen molar-refractivity contribution in [1.82, 2.24) is 19.8 Å². The summed E-state index contributed by atoms with van der Waals surface area (Å²) >= 11 is 1.45. The van der Waals surface area contributed by atoms with E-state index in [1.165, 1.54) is 11.3 Å². The average molecular weight is 393 g/mol. The van der Waals surface area contributed by atoms with E-state index in [-0.39, 0.29) is 5.91 Å². The third kappa shape index (κ3) is 3.86. The smallest absolute Gasteiger partial charge is 0.234 e. The summed E-state index contributed by atoms with van der Waals surface area (Å²) in [4.78, 5) is 13.2. The molecule has 0 aliphatic rings. The molecule has 0 bridgehead atoms. The van der Waals surface area contributed by atoms with Gasteiger partial charge in [0, 0.05) is 12.8 Å². The molecule has 1 amide bonds. The van der Waals surface area contributed by atoms with Crippen LogP contribution < -0.4 is 10.1 Å². The van der Waals surface area contributed by atoms with Gasteiger partial charge >= 0.3 is 0 Å². The topological polar surface area (TPSA) is 81.4 Å². The van der Waals surface area contributed by atoms with Crippen LogP contribution in [0.1, 0.15) is 22.8 Å². The highest BCUT2D eigenvalue weighted by atomic mass is 32.1. The number of carbonyl (C=O) groups excluding carboxylic acids is 1. The molecule has 7 nitrogen and oxygen atoms in total. The molecular weight excluding hydrogens is 374 g/mol. The fraction of sp³-hybridized carbons (Fsp3) is 0.200. The summed E-state index contributed by atoms with van der Waals surface area (Å²) in [5.74, 6) is 2.02. The number of anilines is 1. The van der Waals surface area contributed by atoms with Crippen LogP contribution in [0.5, 0.6) is 11.5 Å². The van der Waals surface area contributed by atoms with Crippen LogP contribution in [0.2, 0.25) is 0 Å². The van der Waals surface area contributed by atoms with Crippen LogP contribution in [-0.4, -0.2) is 25.7 Å². The second-order valence-electron chi connectivity index (χ2n) is 6.35. The quantitative estimate of drug-likeness (QED) is 0.532. The second-order valence-corrected chi connectivity index (χ2v) is 7.39. The minimum absolute atomic E-state index is 0.0940. The van der Waals surface area contributed by atoms with E-state index in [1.54, 1.807) is 4.52 Å².